The summed E-state index contributed by atoms with van der Waals surface area (Å²) >= 11 is 0. The molecule has 0 saturated heterocycles. The van der Waals surface area contributed by atoms with Gasteiger partial charge in [0.2, 0.25) is 0 Å². The molecule has 0 amide bonds. The fourth-order valence-electron chi connectivity index (χ4n) is 1.63. The Hall–Kier alpha value is -1.59. The fourth-order valence-corrected chi connectivity index (χ4v) is 1.63. The average Bonchev–Trinajstić information content (AvgIpc) is 2.28. The zero-order valence-corrected chi connectivity index (χ0v) is 11.5. The monoisotopic (exact) mass is 267 g/mol. The SMILES string of the molecule is CCC(NC(C)(C)O)Oc1ccc(CC(=O)O)cc1. The molecule has 19 heavy (non-hydrogen) atoms. The van der Waals surface area contributed by atoms with Crippen LogP contribution < -0.4 is 10.1 Å². The molecule has 3 N–H and O–H groups in total. The number of nitrogens with one attached hydrogen (secondary N) is 1. The van der Waals surface area contributed by atoms with E-state index in [1.54, 1.807) is 38.1 Å². The van der Waals surface area contributed by atoms with Crippen LogP contribution in [0.4, 0.5) is 0 Å². The minimum absolute atomic E-state index is 0.000588. The molecule has 1 aromatic carbocycles. The van der Waals surface area contributed by atoms with E-state index in [-0.39, 0.29) is 12.6 Å². The summed E-state index contributed by atoms with van der Waals surface area (Å²) in [4.78, 5) is 10.6. The second-order valence-electron chi connectivity index (χ2n) is 4.93. The van der Waals surface area contributed by atoms with Crippen molar-refractivity contribution >= 4 is 5.97 Å². The third kappa shape index (κ3) is 6.22. The maximum Gasteiger partial charge on any atom is 0.307 e. The highest BCUT2D eigenvalue weighted by atomic mass is 16.5. The van der Waals surface area contributed by atoms with Crippen molar-refractivity contribution in [2.24, 2.45) is 0 Å². The van der Waals surface area contributed by atoms with Crippen molar-refractivity contribution in [2.75, 3.05) is 0 Å². The number of benzene rings is 1. The molecule has 106 valence electrons. The third-order valence-corrected chi connectivity index (χ3v) is 2.44. The van der Waals surface area contributed by atoms with Crippen molar-refractivity contribution < 1.29 is 19.7 Å². The summed E-state index contributed by atoms with van der Waals surface area (Å²) in [5.41, 5.74) is -0.285. The first-order chi connectivity index (χ1) is 8.80. The number of carboxylic acids is 1. The van der Waals surface area contributed by atoms with Gasteiger partial charge in [0.15, 0.2) is 6.23 Å². The molecule has 0 saturated carbocycles. The lowest BCUT2D eigenvalue weighted by molar-refractivity contribution is -0.136. The molecule has 0 spiro atoms. The molecule has 0 aliphatic heterocycles. The van der Waals surface area contributed by atoms with Crippen LogP contribution in [-0.2, 0) is 11.2 Å². The number of aliphatic hydroxyl groups is 1. The van der Waals surface area contributed by atoms with Gasteiger partial charge in [-0.3, -0.25) is 10.1 Å². The summed E-state index contributed by atoms with van der Waals surface area (Å²) < 4.78 is 5.68. The number of carbonyl (C=O) groups is 1. The third-order valence-electron chi connectivity index (χ3n) is 2.44. The molecule has 0 bridgehead atoms. The van der Waals surface area contributed by atoms with Crippen molar-refractivity contribution in [3.63, 3.8) is 0 Å². The zero-order chi connectivity index (χ0) is 14.5. The van der Waals surface area contributed by atoms with E-state index in [1.165, 1.54) is 0 Å². The molecule has 0 aromatic heterocycles. The van der Waals surface area contributed by atoms with Crippen molar-refractivity contribution in [1.82, 2.24) is 5.32 Å². The Labute approximate surface area is 113 Å². The molecular weight excluding hydrogens is 246 g/mol. The standard InChI is InChI=1S/C14H21NO4/c1-4-12(15-14(2,3)18)19-11-7-5-10(6-8-11)9-13(16)17/h5-8,12,15,18H,4,9H2,1-3H3,(H,16,17). The number of aliphatic carboxylic acids is 1. The smallest absolute Gasteiger partial charge is 0.307 e. The van der Waals surface area contributed by atoms with E-state index in [4.69, 9.17) is 9.84 Å². The van der Waals surface area contributed by atoms with Crippen LogP contribution >= 0.6 is 0 Å². The van der Waals surface area contributed by atoms with Crippen molar-refractivity contribution in [2.45, 2.75) is 45.6 Å². The summed E-state index contributed by atoms with van der Waals surface area (Å²) in [5, 5.41) is 21.3. The van der Waals surface area contributed by atoms with Gasteiger partial charge in [-0.05, 0) is 38.0 Å². The van der Waals surface area contributed by atoms with Gasteiger partial charge >= 0.3 is 5.97 Å². The second-order valence-corrected chi connectivity index (χ2v) is 4.93. The van der Waals surface area contributed by atoms with Gasteiger partial charge in [-0.25, -0.2) is 0 Å². The average molecular weight is 267 g/mol. The van der Waals surface area contributed by atoms with Crippen LogP contribution in [0, 0.1) is 0 Å². The molecule has 5 nitrogen and oxygen atoms in total. The highest BCUT2D eigenvalue weighted by Crippen LogP contribution is 2.15. The molecule has 0 radical (unpaired) electrons. The lowest BCUT2D eigenvalue weighted by atomic mass is 10.1. The maximum absolute atomic E-state index is 10.6. The Kier molecular flexibility index (Phi) is 5.32. The maximum atomic E-state index is 10.6. The predicted molar refractivity (Wildman–Crippen MR) is 71.9 cm³/mol. The Balaban J connectivity index is 2.63. The minimum Gasteiger partial charge on any atom is -0.481 e. The van der Waals surface area contributed by atoms with Gasteiger partial charge in [0.25, 0.3) is 0 Å². The van der Waals surface area contributed by atoms with E-state index in [0.29, 0.717) is 12.2 Å². The molecule has 5 heteroatoms. The summed E-state index contributed by atoms with van der Waals surface area (Å²) in [5.74, 6) is -0.221. The number of hydrogen-bond acceptors (Lipinski definition) is 4. The normalized spacial score (nSPS) is 13.1. The predicted octanol–water partition coefficient (Wildman–Crippen LogP) is 1.75. The van der Waals surface area contributed by atoms with Gasteiger partial charge in [-0.15, -0.1) is 0 Å². The number of carboxylic acid groups (broad SMARTS) is 1. The van der Waals surface area contributed by atoms with E-state index in [9.17, 15) is 9.90 Å². The van der Waals surface area contributed by atoms with Gasteiger partial charge in [-0.1, -0.05) is 19.1 Å². The largest absolute Gasteiger partial charge is 0.481 e. The molecular formula is C14H21NO4. The Morgan fingerprint density at radius 1 is 1.37 bits per heavy atom. The topological polar surface area (TPSA) is 78.8 Å². The Bertz CT molecular complexity index is 408. The van der Waals surface area contributed by atoms with Gasteiger partial charge < -0.3 is 14.9 Å². The van der Waals surface area contributed by atoms with Gasteiger partial charge in [-0.2, -0.15) is 0 Å². The van der Waals surface area contributed by atoms with Crippen LogP contribution in [0.15, 0.2) is 24.3 Å². The van der Waals surface area contributed by atoms with Crippen LogP contribution in [0.5, 0.6) is 5.75 Å². The van der Waals surface area contributed by atoms with Crippen LogP contribution in [-0.4, -0.2) is 28.1 Å². The highest BCUT2D eigenvalue weighted by molar-refractivity contribution is 5.70. The second kappa shape index (κ2) is 6.54. The van der Waals surface area contributed by atoms with Gasteiger partial charge in [0, 0.05) is 0 Å². The molecule has 0 aliphatic rings. The van der Waals surface area contributed by atoms with E-state index < -0.39 is 11.7 Å². The Morgan fingerprint density at radius 3 is 2.37 bits per heavy atom. The van der Waals surface area contributed by atoms with E-state index in [2.05, 4.69) is 5.32 Å². The van der Waals surface area contributed by atoms with E-state index >= 15 is 0 Å². The minimum atomic E-state index is -1.01. The molecule has 0 fully saturated rings. The van der Waals surface area contributed by atoms with Crippen LogP contribution in [0.25, 0.3) is 0 Å². The first-order valence-corrected chi connectivity index (χ1v) is 6.27. The van der Waals surface area contributed by atoms with Gasteiger partial charge in [0.1, 0.15) is 11.5 Å². The quantitative estimate of drug-likeness (QED) is 0.656. The van der Waals surface area contributed by atoms with Crippen LogP contribution in [0.2, 0.25) is 0 Å². The number of rotatable bonds is 7. The summed E-state index contributed by atoms with van der Waals surface area (Å²) in [6, 6.07) is 6.90. The number of ether oxygens (including phenoxy) is 1. The van der Waals surface area contributed by atoms with E-state index in [0.717, 1.165) is 5.56 Å². The lowest BCUT2D eigenvalue weighted by Crippen LogP contribution is -2.48. The summed E-state index contributed by atoms with van der Waals surface area (Å²) in [6.45, 7) is 5.24. The van der Waals surface area contributed by atoms with Crippen molar-refractivity contribution in [1.29, 1.82) is 0 Å². The Morgan fingerprint density at radius 2 is 1.95 bits per heavy atom. The van der Waals surface area contributed by atoms with Gasteiger partial charge in [0.05, 0.1) is 6.42 Å². The van der Waals surface area contributed by atoms with Crippen LogP contribution in [0.3, 0.4) is 0 Å². The lowest BCUT2D eigenvalue weighted by Gasteiger charge is -2.27. The van der Waals surface area contributed by atoms with E-state index in [1.807, 2.05) is 6.92 Å². The first-order valence-electron chi connectivity index (χ1n) is 6.27. The molecule has 0 heterocycles. The van der Waals surface area contributed by atoms with Crippen molar-refractivity contribution in [3.05, 3.63) is 29.8 Å². The summed E-state index contributed by atoms with van der Waals surface area (Å²) in [6.07, 6.45) is 0.394. The molecule has 1 atom stereocenters. The highest BCUT2D eigenvalue weighted by Gasteiger charge is 2.18. The molecule has 1 rings (SSSR count). The molecule has 1 unspecified atom stereocenters. The fraction of sp³-hybridized carbons (Fsp3) is 0.500. The molecule has 0 aliphatic carbocycles. The summed E-state index contributed by atoms with van der Waals surface area (Å²) in [7, 11) is 0. The zero-order valence-electron chi connectivity index (χ0n) is 11.5. The van der Waals surface area contributed by atoms with Crippen molar-refractivity contribution in [3.8, 4) is 5.75 Å². The van der Waals surface area contributed by atoms with Crippen LogP contribution in [0.1, 0.15) is 32.8 Å². The number of hydrogen-bond donors (Lipinski definition) is 3. The molecule has 1 aromatic rings. The first kappa shape index (κ1) is 15.5.